The zero-order valence-corrected chi connectivity index (χ0v) is 28.7. The molecule has 0 aliphatic rings. The molecule has 43 heavy (non-hydrogen) atoms. The number of fused-ring (bicyclic) bond motifs is 1. The second-order valence-electron chi connectivity index (χ2n) is 13.5. The van der Waals surface area contributed by atoms with Crippen molar-refractivity contribution in [3.05, 3.63) is 76.8 Å². The van der Waals surface area contributed by atoms with Crippen LogP contribution in [0.1, 0.15) is 63.6 Å². The minimum absolute atomic E-state index is 0.0352. The Bertz CT molecular complexity index is 1410. The third kappa shape index (κ3) is 10.1. The first-order valence-corrected chi connectivity index (χ1v) is 18.0. The molecule has 0 amide bonds. The first-order valence-electron chi connectivity index (χ1n) is 14.7. The van der Waals surface area contributed by atoms with E-state index in [-0.39, 0.29) is 23.1 Å². The van der Waals surface area contributed by atoms with Gasteiger partial charge >= 0.3 is 11.9 Å². The predicted molar refractivity (Wildman–Crippen MR) is 178 cm³/mol. The summed E-state index contributed by atoms with van der Waals surface area (Å²) in [5.41, 5.74) is 1.76. The molecule has 7 nitrogen and oxygen atoms in total. The smallest absolute Gasteiger partial charge is 0.337 e. The molecular formula is C34H47ClN2O5Si. The molecule has 3 rings (SSSR count). The van der Waals surface area contributed by atoms with E-state index in [1.807, 2.05) is 69.3 Å². The highest BCUT2D eigenvalue weighted by Gasteiger charge is 2.39. The van der Waals surface area contributed by atoms with E-state index in [9.17, 15) is 9.59 Å². The van der Waals surface area contributed by atoms with Crippen LogP contribution >= 0.6 is 11.6 Å². The number of carbonyl (C=O) groups excluding carboxylic acids is 2. The van der Waals surface area contributed by atoms with Crippen LogP contribution in [0.4, 0.5) is 5.69 Å². The Balaban J connectivity index is 1.76. The monoisotopic (exact) mass is 626 g/mol. The quantitative estimate of drug-likeness (QED) is 0.156. The highest BCUT2D eigenvalue weighted by molar-refractivity contribution is 6.74. The number of anilines is 1. The van der Waals surface area contributed by atoms with Gasteiger partial charge in [0.2, 0.25) is 0 Å². The minimum atomic E-state index is -2.11. The van der Waals surface area contributed by atoms with Crippen molar-refractivity contribution in [3.8, 4) is 0 Å². The average molecular weight is 627 g/mol. The number of benzene rings is 3. The highest BCUT2D eigenvalue weighted by atomic mass is 35.5. The van der Waals surface area contributed by atoms with Gasteiger partial charge in [0, 0.05) is 30.3 Å². The highest BCUT2D eigenvalue weighted by Crippen LogP contribution is 2.40. The van der Waals surface area contributed by atoms with Crippen molar-refractivity contribution in [2.45, 2.75) is 71.4 Å². The summed E-state index contributed by atoms with van der Waals surface area (Å²) >= 11 is 6.35. The van der Waals surface area contributed by atoms with Gasteiger partial charge in [0.25, 0.3) is 0 Å². The third-order valence-corrected chi connectivity index (χ3v) is 12.5. The van der Waals surface area contributed by atoms with E-state index in [4.69, 9.17) is 25.5 Å². The maximum absolute atomic E-state index is 13.3. The second kappa shape index (κ2) is 14.2. The molecule has 0 saturated heterocycles. The molecule has 0 radical (unpaired) electrons. The number of hydrogen-bond donors (Lipinski definition) is 2. The fourth-order valence-corrected chi connectivity index (χ4v) is 5.80. The van der Waals surface area contributed by atoms with Crippen LogP contribution in [0.15, 0.2) is 60.7 Å². The van der Waals surface area contributed by atoms with Gasteiger partial charge in [-0.15, -0.1) is 0 Å². The van der Waals surface area contributed by atoms with Crippen molar-refractivity contribution < 1.29 is 23.5 Å². The van der Waals surface area contributed by atoms with E-state index < -0.39 is 19.8 Å². The summed E-state index contributed by atoms with van der Waals surface area (Å²) in [6, 6.07) is 19.1. The molecule has 0 aliphatic heterocycles. The Hall–Kier alpha value is -2.91. The van der Waals surface area contributed by atoms with E-state index in [1.54, 1.807) is 12.1 Å². The van der Waals surface area contributed by atoms with Crippen LogP contribution < -0.4 is 10.6 Å². The summed E-state index contributed by atoms with van der Waals surface area (Å²) in [5.74, 6) is -1.10. The van der Waals surface area contributed by atoms with Crippen molar-refractivity contribution in [3.63, 3.8) is 0 Å². The normalized spacial score (nSPS) is 13.8. The molecule has 3 aromatic rings. The van der Waals surface area contributed by atoms with Crippen LogP contribution in [0.25, 0.3) is 10.8 Å². The zero-order valence-electron chi connectivity index (χ0n) is 27.0. The molecule has 0 aromatic heterocycles. The van der Waals surface area contributed by atoms with E-state index in [0.717, 1.165) is 22.0 Å². The lowest BCUT2D eigenvalue weighted by Crippen LogP contribution is -2.44. The molecule has 9 heteroatoms. The summed E-state index contributed by atoms with van der Waals surface area (Å²) in [6.45, 7) is 18.0. The standard InChI is InChI=1S/C34H47ClN2O5Si/c1-33(2,3)41-32(39)27(21-37-29-16-15-23-17-26(31(38)40-7)14-13-24(23)19-29)20-36-22-30(25-11-10-12-28(35)18-25)42-43(8,9)34(4,5)6/h10-19,27,30,36-37H,20-22H2,1-9H3/t27-,30-/m1/s1. The number of carbonyl (C=O) groups is 2. The topological polar surface area (TPSA) is 85.9 Å². The molecule has 0 unspecified atom stereocenters. The van der Waals surface area contributed by atoms with Crippen LogP contribution in [0.2, 0.25) is 23.2 Å². The van der Waals surface area contributed by atoms with Gasteiger partial charge in [-0.3, -0.25) is 4.79 Å². The third-order valence-electron chi connectivity index (χ3n) is 7.74. The number of rotatable bonds is 12. The molecule has 0 saturated carbocycles. The van der Waals surface area contributed by atoms with Gasteiger partial charge in [0.05, 0.1) is 24.7 Å². The number of methoxy groups -OCH3 is 1. The summed E-state index contributed by atoms with van der Waals surface area (Å²) in [4.78, 5) is 25.2. The lowest BCUT2D eigenvalue weighted by atomic mass is 10.1. The zero-order chi connectivity index (χ0) is 32.0. The van der Waals surface area contributed by atoms with Crippen LogP contribution in [0.5, 0.6) is 0 Å². The van der Waals surface area contributed by atoms with Gasteiger partial charge in [-0.25, -0.2) is 4.79 Å². The molecule has 0 fully saturated rings. The number of hydrogen-bond acceptors (Lipinski definition) is 7. The second-order valence-corrected chi connectivity index (χ2v) is 18.7. The molecule has 234 valence electrons. The largest absolute Gasteiger partial charge is 0.465 e. The lowest BCUT2D eigenvalue weighted by molar-refractivity contribution is -0.159. The van der Waals surface area contributed by atoms with Gasteiger partial charge in [-0.1, -0.05) is 56.6 Å². The van der Waals surface area contributed by atoms with E-state index >= 15 is 0 Å². The van der Waals surface area contributed by atoms with E-state index in [2.05, 4.69) is 44.5 Å². The maximum atomic E-state index is 13.3. The SMILES string of the molecule is COC(=O)c1ccc2cc(NC[C@@H](CNC[C@@H](O[Si](C)(C)C(C)(C)C)c3cccc(Cl)c3)C(=O)OC(C)(C)C)ccc2c1. The van der Waals surface area contributed by atoms with Crippen LogP contribution in [-0.2, 0) is 18.7 Å². The van der Waals surface area contributed by atoms with Crippen molar-refractivity contribution in [2.24, 2.45) is 5.92 Å². The van der Waals surface area contributed by atoms with Crippen molar-refractivity contribution in [2.75, 3.05) is 32.1 Å². The first kappa shape index (κ1) is 34.6. The van der Waals surface area contributed by atoms with Gasteiger partial charge in [-0.05, 0) is 91.6 Å². The molecule has 3 aromatic carbocycles. The Morgan fingerprint density at radius 2 is 1.56 bits per heavy atom. The maximum Gasteiger partial charge on any atom is 0.337 e. The van der Waals surface area contributed by atoms with Gasteiger partial charge < -0.3 is 24.5 Å². The average Bonchev–Trinajstić information content (AvgIpc) is 2.91. The minimum Gasteiger partial charge on any atom is -0.465 e. The molecule has 2 atom stereocenters. The number of ether oxygens (including phenoxy) is 2. The fraction of sp³-hybridized carbons (Fsp3) is 0.471. The Labute approximate surface area is 262 Å². The molecule has 0 spiro atoms. The lowest BCUT2D eigenvalue weighted by Gasteiger charge is -2.39. The summed E-state index contributed by atoms with van der Waals surface area (Å²) in [5, 5.41) is 9.50. The molecule has 2 N–H and O–H groups in total. The van der Waals surface area contributed by atoms with Crippen LogP contribution in [0.3, 0.4) is 0 Å². The number of halogens is 1. The van der Waals surface area contributed by atoms with Crippen molar-refractivity contribution in [1.82, 2.24) is 5.32 Å². The first-order chi connectivity index (χ1) is 20.0. The van der Waals surface area contributed by atoms with Crippen molar-refractivity contribution in [1.29, 1.82) is 0 Å². The van der Waals surface area contributed by atoms with Gasteiger partial charge in [-0.2, -0.15) is 0 Å². The molecule has 0 bridgehead atoms. The summed E-state index contributed by atoms with van der Waals surface area (Å²) in [7, 11) is -0.736. The number of nitrogens with one attached hydrogen (secondary N) is 2. The van der Waals surface area contributed by atoms with Gasteiger partial charge in [0.1, 0.15) is 5.60 Å². The van der Waals surface area contributed by atoms with Crippen molar-refractivity contribution >= 4 is 48.3 Å². The Kier molecular flexibility index (Phi) is 11.5. The summed E-state index contributed by atoms with van der Waals surface area (Å²) in [6.07, 6.45) is -0.220. The van der Waals surface area contributed by atoms with E-state index in [0.29, 0.717) is 30.2 Å². The van der Waals surface area contributed by atoms with E-state index in [1.165, 1.54) is 7.11 Å². The number of esters is 2. The molecule has 0 heterocycles. The van der Waals surface area contributed by atoms with Crippen LogP contribution in [-0.4, -0.2) is 52.6 Å². The Morgan fingerprint density at radius 3 is 2.19 bits per heavy atom. The predicted octanol–water partition coefficient (Wildman–Crippen LogP) is 8.00. The summed E-state index contributed by atoms with van der Waals surface area (Å²) < 4.78 is 17.4. The molecular weight excluding hydrogens is 580 g/mol. The van der Waals surface area contributed by atoms with Crippen LogP contribution in [0, 0.1) is 5.92 Å². The van der Waals surface area contributed by atoms with Gasteiger partial charge in [0.15, 0.2) is 8.32 Å². The fourth-order valence-electron chi connectivity index (χ4n) is 4.32. The molecule has 0 aliphatic carbocycles. The Morgan fingerprint density at radius 1 is 0.884 bits per heavy atom.